The van der Waals surface area contributed by atoms with Crippen molar-refractivity contribution in [2.75, 3.05) is 0 Å². The number of hydrogen-bond donors (Lipinski definition) is 0. The second kappa shape index (κ2) is 4.07. The monoisotopic (exact) mass is 332 g/mol. The van der Waals surface area contributed by atoms with E-state index in [1.165, 1.54) is 22.6 Å². The summed E-state index contributed by atoms with van der Waals surface area (Å²) >= 11 is 1.42. The Morgan fingerprint density at radius 2 is 1.87 bits per heavy atom. The summed E-state index contributed by atoms with van der Waals surface area (Å²) in [5.74, 6) is -1.63. The Kier molecular flexibility index (Phi) is 3.37. The first-order chi connectivity index (χ1) is 6.73. The second-order valence-corrected chi connectivity index (χ2v) is 4.04. The quantitative estimate of drug-likeness (QED) is 0.436. The second-order valence-electron chi connectivity index (χ2n) is 2.87. The Morgan fingerprint density at radius 3 is 2.27 bits per heavy atom. The van der Waals surface area contributed by atoms with Gasteiger partial charge in [-0.15, -0.1) is 0 Å². The minimum absolute atomic E-state index is 0.215. The van der Waals surface area contributed by atoms with E-state index in [9.17, 15) is 22.4 Å². The van der Waals surface area contributed by atoms with Gasteiger partial charge in [0.15, 0.2) is 5.78 Å². The van der Waals surface area contributed by atoms with E-state index in [1.807, 2.05) is 0 Å². The SMILES string of the molecule is CC(=O)c1cc(C(F)(F)F)cc(I)c1F. The van der Waals surface area contributed by atoms with Gasteiger partial charge in [0.1, 0.15) is 5.82 Å². The number of alkyl halides is 3. The molecule has 82 valence electrons. The molecule has 0 aliphatic carbocycles. The summed E-state index contributed by atoms with van der Waals surface area (Å²) in [6.07, 6.45) is -4.57. The fourth-order valence-corrected chi connectivity index (χ4v) is 1.63. The van der Waals surface area contributed by atoms with Gasteiger partial charge in [-0.25, -0.2) is 4.39 Å². The highest BCUT2D eigenvalue weighted by molar-refractivity contribution is 14.1. The number of halogens is 5. The van der Waals surface area contributed by atoms with Crippen molar-refractivity contribution in [1.29, 1.82) is 0 Å². The van der Waals surface area contributed by atoms with Crippen molar-refractivity contribution in [2.24, 2.45) is 0 Å². The molecule has 0 atom stereocenters. The summed E-state index contributed by atoms with van der Waals surface area (Å²) in [5, 5.41) is 0. The molecular weight excluding hydrogens is 327 g/mol. The van der Waals surface area contributed by atoms with Gasteiger partial charge >= 0.3 is 6.18 Å². The van der Waals surface area contributed by atoms with E-state index in [2.05, 4.69) is 0 Å². The lowest BCUT2D eigenvalue weighted by Gasteiger charge is -2.09. The van der Waals surface area contributed by atoms with Crippen LogP contribution in [-0.2, 0) is 6.18 Å². The summed E-state index contributed by atoms with van der Waals surface area (Å²) in [5.41, 5.74) is -1.55. The number of ketones is 1. The van der Waals surface area contributed by atoms with Crippen LogP contribution in [0.2, 0.25) is 0 Å². The van der Waals surface area contributed by atoms with Gasteiger partial charge in [0, 0.05) is 0 Å². The molecule has 1 aromatic rings. The zero-order valence-electron chi connectivity index (χ0n) is 7.45. The molecule has 0 saturated carbocycles. The zero-order valence-corrected chi connectivity index (χ0v) is 9.61. The average Bonchev–Trinajstić information content (AvgIpc) is 2.06. The lowest BCUT2D eigenvalue weighted by atomic mass is 10.1. The molecule has 0 amide bonds. The van der Waals surface area contributed by atoms with Crippen molar-refractivity contribution < 1.29 is 22.4 Å². The third-order valence-electron chi connectivity index (χ3n) is 1.73. The van der Waals surface area contributed by atoms with Crippen LogP contribution in [0.4, 0.5) is 17.6 Å². The highest BCUT2D eigenvalue weighted by Crippen LogP contribution is 2.32. The zero-order chi connectivity index (χ0) is 11.8. The predicted molar refractivity (Wildman–Crippen MR) is 54.1 cm³/mol. The van der Waals surface area contributed by atoms with E-state index >= 15 is 0 Å². The van der Waals surface area contributed by atoms with Crippen LogP contribution in [0, 0.1) is 9.39 Å². The van der Waals surface area contributed by atoms with Gasteiger partial charge < -0.3 is 0 Å². The smallest absolute Gasteiger partial charge is 0.294 e. The van der Waals surface area contributed by atoms with Crippen molar-refractivity contribution in [2.45, 2.75) is 13.1 Å². The van der Waals surface area contributed by atoms with E-state index in [4.69, 9.17) is 0 Å². The van der Waals surface area contributed by atoms with E-state index in [1.54, 1.807) is 0 Å². The van der Waals surface area contributed by atoms with Crippen LogP contribution in [0.25, 0.3) is 0 Å². The molecular formula is C9H5F4IO. The highest BCUT2D eigenvalue weighted by atomic mass is 127. The number of carbonyl (C=O) groups is 1. The Labute approximate surface area is 96.6 Å². The minimum Gasteiger partial charge on any atom is -0.294 e. The number of carbonyl (C=O) groups excluding carboxylic acids is 1. The number of benzene rings is 1. The third kappa shape index (κ3) is 2.67. The van der Waals surface area contributed by atoms with Crippen LogP contribution in [0.3, 0.4) is 0 Å². The summed E-state index contributed by atoms with van der Waals surface area (Å²) in [6, 6.07) is 1.20. The average molecular weight is 332 g/mol. The molecule has 0 saturated heterocycles. The Hall–Kier alpha value is -0.660. The number of Topliss-reactive ketones (excluding diaryl/α,β-unsaturated/α-hetero) is 1. The molecule has 0 unspecified atom stereocenters. The lowest BCUT2D eigenvalue weighted by molar-refractivity contribution is -0.137. The standard InChI is InChI=1S/C9H5F4IO/c1-4(15)6-2-5(9(11,12)13)3-7(14)8(6)10/h2-3H,1H3. The molecule has 0 aliphatic heterocycles. The van der Waals surface area contributed by atoms with E-state index in [-0.39, 0.29) is 3.57 Å². The van der Waals surface area contributed by atoms with Gasteiger partial charge in [-0.05, 0) is 41.6 Å². The highest BCUT2D eigenvalue weighted by Gasteiger charge is 2.32. The molecule has 15 heavy (non-hydrogen) atoms. The molecule has 1 aromatic carbocycles. The molecule has 6 heteroatoms. The molecule has 0 aliphatic rings. The molecule has 0 fully saturated rings. The fraction of sp³-hybridized carbons (Fsp3) is 0.222. The normalized spacial score (nSPS) is 11.6. The van der Waals surface area contributed by atoms with Crippen LogP contribution < -0.4 is 0 Å². The molecule has 0 bridgehead atoms. The molecule has 0 aromatic heterocycles. The first-order valence-corrected chi connectivity index (χ1v) is 4.88. The van der Waals surface area contributed by atoms with Gasteiger partial charge in [0.25, 0.3) is 0 Å². The summed E-state index contributed by atoms with van der Waals surface area (Å²) in [4.78, 5) is 10.9. The van der Waals surface area contributed by atoms with Crippen molar-refractivity contribution in [1.82, 2.24) is 0 Å². The predicted octanol–water partition coefficient (Wildman–Crippen LogP) is 3.65. The number of rotatable bonds is 1. The summed E-state index contributed by atoms with van der Waals surface area (Å²) in [6.45, 7) is 1.02. The molecule has 0 radical (unpaired) electrons. The molecule has 0 spiro atoms. The molecule has 0 N–H and O–H groups in total. The van der Waals surface area contributed by atoms with Crippen LogP contribution in [0.1, 0.15) is 22.8 Å². The van der Waals surface area contributed by atoms with E-state index in [0.29, 0.717) is 12.1 Å². The van der Waals surface area contributed by atoms with Crippen LogP contribution in [0.15, 0.2) is 12.1 Å². The number of hydrogen-bond acceptors (Lipinski definition) is 1. The van der Waals surface area contributed by atoms with Crippen LogP contribution in [0.5, 0.6) is 0 Å². The Bertz CT molecular complexity index is 411. The summed E-state index contributed by atoms with van der Waals surface area (Å²) < 4.78 is 49.9. The third-order valence-corrected chi connectivity index (χ3v) is 2.52. The van der Waals surface area contributed by atoms with Gasteiger partial charge in [-0.1, -0.05) is 0 Å². The lowest BCUT2D eigenvalue weighted by Crippen LogP contribution is -2.09. The maximum Gasteiger partial charge on any atom is 0.416 e. The fourth-order valence-electron chi connectivity index (χ4n) is 1.01. The van der Waals surface area contributed by atoms with Gasteiger partial charge in [0.2, 0.25) is 0 Å². The first-order valence-electron chi connectivity index (χ1n) is 3.80. The Balaban J connectivity index is 3.43. The van der Waals surface area contributed by atoms with Crippen molar-refractivity contribution >= 4 is 28.4 Å². The first kappa shape index (κ1) is 12.4. The van der Waals surface area contributed by atoms with Crippen LogP contribution >= 0.6 is 22.6 Å². The van der Waals surface area contributed by atoms with Gasteiger partial charge in [-0.3, -0.25) is 4.79 Å². The molecule has 1 nitrogen and oxygen atoms in total. The van der Waals surface area contributed by atoms with Crippen LogP contribution in [-0.4, -0.2) is 5.78 Å². The maximum atomic E-state index is 13.2. The topological polar surface area (TPSA) is 17.1 Å². The van der Waals surface area contributed by atoms with Gasteiger partial charge in [-0.2, -0.15) is 13.2 Å². The molecule has 1 rings (SSSR count). The van der Waals surface area contributed by atoms with E-state index in [0.717, 1.165) is 6.92 Å². The maximum absolute atomic E-state index is 13.2. The van der Waals surface area contributed by atoms with Gasteiger partial charge in [0.05, 0.1) is 14.7 Å². The Morgan fingerprint density at radius 1 is 1.33 bits per heavy atom. The van der Waals surface area contributed by atoms with Crippen molar-refractivity contribution in [3.63, 3.8) is 0 Å². The van der Waals surface area contributed by atoms with E-state index < -0.39 is 28.9 Å². The largest absolute Gasteiger partial charge is 0.416 e. The van der Waals surface area contributed by atoms with Crippen molar-refractivity contribution in [3.8, 4) is 0 Å². The minimum atomic E-state index is -4.57. The summed E-state index contributed by atoms with van der Waals surface area (Å²) in [7, 11) is 0. The van der Waals surface area contributed by atoms with Crippen molar-refractivity contribution in [3.05, 3.63) is 32.6 Å². The molecule has 0 heterocycles.